The van der Waals surface area contributed by atoms with E-state index in [1.54, 1.807) is 18.4 Å². The van der Waals surface area contributed by atoms with E-state index in [0.717, 1.165) is 35.9 Å². The lowest BCUT2D eigenvalue weighted by molar-refractivity contribution is 0.118. The highest BCUT2D eigenvalue weighted by Crippen LogP contribution is 2.20. The molecule has 1 heterocycles. The fourth-order valence-corrected chi connectivity index (χ4v) is 2.21. The van der Waals surface area contributed by atoms with Gasteiger partial charge in [0, 0.05) is 13.5 Å². The van der Waals surface area contributed by atoms with Crippen molar-refractivity contribution in [3.05, 3.63) is 10.0 Å². The van der Waals surface area contributed by atoms with Gasteiger partial charge in [-0.15, -0.1) is 10.2 Å². The number of hydrogen-bond acceptors (Lipinski definition) is 5. The molecular formula is C11H21N3OS. The number of nitrogens with zero attached hydrogens (tertiary/aromatic N) is 2. The van der Waals surface area contributed by atoms with Crippen LogP contribution in [0.1, 0.15) is 42.8 Å². The van der Waals surface area contributed by atoms with E-state index in [4.69, 9.17) is 4.74 Å². The fourth-order valence-electron chi connectivity index (χ4n) is 1.30. The lowest BCUT2D eigenvalue weighted by Gasteiger charge is -2.02. The van der Waals surface area contributed by atoms with Crippen LogP contribution in [0.25, 0.3) is 0 Å². The van der Waals surface area contributed by atoms with Gasteiger partial charge in [0.05, 0.1) is 0 Å². The number of ether oxygens (including phenoxy) is 1. The fraction of sp³-hybridized carbons (Fsp3) is 0.818. The highest BCUT2D eigenvalue weighted by molar-refractivity contribution is 7.11. The maximum Gasteiger partial charge on any atom is 0.146 e. The third kappa shape index (κ3) is 4.55. The number of hydrogen-bond donors (Lipinski definition) is 1. The molecule has 0 aliphatic carbocycles. The molecule has 0 aromatic carbocycles. The summed E-state index contributed by atoms with van der Waals surface area (Å²) in [5, 5.41) is 13.7. The molecule has 0 radical (unpaired) electrons. The van der Waals surface area contributed by atoms with Crippen LogP contribution >= 0.6 is 11.3 Å². The van der Waals surface area contributed by atoms with Crippen LogP contribution in [0.3, 0.4) is 0 Å². The predicted molar refractivity (Wildman–Crippen MR) is 66.8 cm³/mol. The standard InChI is InChI=1S/C11H21N3OS/c1-4-7-12-8-5-6-10-13-14-11(16-10)9(2)15-3/h9,12H,4-8H2,1-3H3. The van der Waals surface area contributed by atoms with Crippen LogP contribution in [0.5, 0.6) is 0 Å². The maximum absolute atomic E-state index is 5.20. The van der Waals surface area contributed by atoms with E-state index < -0.39 is 0 Å². The Morgan fingerprint density at radius 1 is 1.38 bits per heavy atom. The monoisotopic (exact) mass is 243 g/mol. The summed E-state index contributed by atoms with van der Waals surface area (Å²) in [6.45, 7) is 6.33. The van der Waals surface area contributed by atoms with Crippen LogP contribution < -0.4 is 5.32 Å². The van der Waals surface area contributed by atoms with Crippen molar-refractivity contribution in [1.82, 2.24) is 15.5 Å². The number of methoxy groups -OCH3 is 1. The Kier molecular flexibility index (Phi) is 6.52. The van der Waals surface area contributed by atoms with Crippen LogP contribution in [0.2, 0.25) is 0 Å². The van der Waals surface area contributed by atoms with E-state index in [1.807, 2.05) is 6.92 Å². The Balaban J connectivity index is 2.24. The van der Waals surface area contributed by atoms with Gasteiger partial charge in [-0.05, 0) is 32.9 Å². The van der Waals surface area contributed by atoms with Gasteiger partial charge in [0.15, 0.2) is 0 Å². The molecule has 1 rings (SSSR count). The highest BCUT2D eigenvalue weighted by atomic mass is 32.1. The SMILES string of the molecule is CCCNCCCc1nnc(C(C)OC)s1. The zero-order valence-corrected chi connectivity index (χ0v) is 11.1. The molecule has 92 valence electrons. The van der Waals surface area contributed by atoms with Crippen LogP contribution in [0, 0.1) is 0 Å². The maximum atomic E-state index is 5.20. The first kappa shape index (κ1) is 13.5. The Hall–Kier alpha value is -0.520. The van der Waals surface area contributed by atoms with Gasteiger partial charge in [0.2, 0.25) is 0 Å². The summed E-state index contributed by atoms with van der Waals surface area (Å²) in [6.07, 6.45) is 3.37. The second-order valence-corrected chi connectivity index (χ2v) is 4.86. The second-order valence-electron chi connectivity index (χ2n) is 3.77. The average molecular weight is 243 g/mol. The summed E-state index contributed by atoms with van der Waals surface area (Å²) in [5.74, 6) is 0. The first-order valence-corrected chi connectivity index (χ1v) is 6.65. The Labute approximate surface area is 101 Å². The summed E-state index contributed by atoms with van der Waals surface area (Å²) >= 11 is 1.65. The zero-order valence-electron chi connectivity index (χ0n) is 10.3. The molecule has 16 heavy (non-hydrogen) atoms. The molecular weight excluding hydrogens is 222 g/mol. The van der Waals surface area contributed by atoms with Gasteiger partial charge in [0.25, 0.3) is 0 Å². The predicted octanol–water partition coefficient (Wildman–Crippen LogP) is 2.18. The average Bonchev–Trinajstić information content (AvgIpc) is 2.76. The Morgan fingerprint density at radius 2 is 2.19 bits per heavy atom. The molecule has 0 fully saturated rings. The molecule has 0 aliphatic rings. The van der Waals surface area contributed by atoms with E-state index >= 15 is 0 Å². The summed E-state index contributed by atoms with van der Waals surface area (Å²) in [6, 6.07) is 0. The Bertz CT molecular complexity index is 291. The third-order valence-corrected chi connectivity index (χ3v) is 3.50. The molecule has 0 spiro atoms. The van der Waals surface area contributed by atoms with Crippen LogP contribution in [-0.2, 0) is 11.2 Å². The van der Waals surface area contributed by atoms with Crippen molar-refractivity contribution >= 4 is 11.3 Å². The van der Waals surface area contributed by atoms with Gasteiger partial charge in [-0.25, -0.2) is 0 Å². The topological polar surface area (TPSA) is 47.0 Å². The second kappa shape index (κ2) is 7.70. The van der Waals surface area contributed by atoms with Gasteiger partial charge < -0.3 is 10.1 Å². The minimum Gasteiger partial charge on any atom is -0.374 e. The van der Waals surface area contributed by atoms with Crippen molar-refractivity contribution in [2.24, 2.45) is 0 Å². The Morgan fingerprint density at radius 3 is 2.88 bits per heavy atom. The lowest BCUT2D eigenvalue weighted by Crippen LogP contribution is -2.16. The van der Waals surface area contributed by atoms with E-state index in [2.05, 4.69) is 22.4 Å². The first-order valence-electron chi connectivity index (χ1n) is 5.83. The molecule has 1 atom stereocenters. The summed E-state index contributed by atoms with van der Waals surface area (Å²) in [5.41, 5.74) is 0. The summed E-state index contributed by atoms with van der Waals surface area (Å²) < 4.78 is 5.20. The van der Waals surface area contributed by atoms with Crippen LogP contribution in [0.15, 0.2) is 0 Å². The quantitative estimate of drug-likeness (QED) is 0.711. The third-order valence-electron chi connectivity index (χ3n) is 2.35. The molecule has 0 bridgehead atoms. The minimum absolute atomic E-state index is 0.0597. The molecule has 0 aliphatic heterocycles. The molecule has 0 saturated heterocycles. The van der Waals surface area contributed by atoms with Crippen molar-refractivity contribution in [2.75, 3.05) is 20.2 Å². The van der Waals surface area contributed by atoms with Crippen LogP contribution in [-0.4, -0.2) is 30.4 Å². The van der Waals surface area contributed by atoms with Gasteiger partial charge >= 0.3 is 0 Å². The zero-order chi connectivity index (χ0) is 11.8. The molecule has 1 aromatic rings. The molecule has 0 saturated carbocycles. The van der Waals surface area contributed by atoms with Crippen LogP contribution in [0.4, 0.5) is 0 Å². The highest BCUT2D eigenvalue weighted by Gasteiger charge is 2.10. The van der Waals surface area contributed by atoms with Gasteiger partial charge in [-0.1, -0.05) is 18.3 Å². The molecule has 1 unspecified atom stereocenters. The van der Waals surface area contributed by atoms with Crippen molar-refractivity contribution in [3.63, 3.8) is 0 Å². The van der Waals surface area contributed by atoms with E-state index in [0.29, 0.717) is 0 Å². The van der Waals surface area contributed by atoms with Crippen molar-refractivity contribution in [2.45, 2.75) is 39.2 Å². The van der Waals surface area contributed by atoms with Crippen molar-refractivity contribution < 1.29 is 4.74 Å². The van der Waals surface area contributed by atoms with E-state index in [-0.39, 0.29) is 6.10 Å². The first-order chi connectivity index (χ1) is 7.77. The summed E-state index contributed by atoms with van der Waals surface area (Å²) in [7, 11) is 1.69. The molecule has 1 N–H and O–H groups in total. The number of aryl methyl sites for hydroxylation is 1. The number of nitrogens with one attached hydrogen (secondary N) is 1. The molecule has 5 heteroatoms. The van der Waals surface area contributed by atoms with Crippen molar-refractivity contribution in [1.29, 1.82) is 0 Å². The van der Waals surface area contributed by atoms with Crippen molar-refractivity contribution in [3.8, 4) is 0 Å². The molecule has 4 nitrogen and oxygen atoms in total. The largest absolute Gasteiger partial charge is 0.374 e. The van der Waals surface area contributed by atoms with Gasteiger partial charge in [0.1, 0.15) is 16.1 Å². The summed E-state index contributed by atoms with van der Waals surface area (Å²) in [4.78, 5) is 0. The minimum atomic E-state index is 0.0597. The number of aromatic nitrogens is 2. The van der Waals surface area contributed by atoms with E-state index in [9.17, 15) is 0 Å². The molecule has 0 amide bonds. The smallest absolute Gasteiger partial charge is 0.146 e. The van der Waals surface area contributed by atoms with E-state index in [1.165, 1.54) is 6.42 Å². The molecule has 1 aromatic heterocycles. The van der Waals surface area contributed by atoms with Gasteiger partial charge in [-0.2, -0.15) is 0 Å². The lowest BCUT2D eigenvalue weighted by atomic mass is 10.3. The van der Waals surface area contributed by atoms with Gasteiger partial charge in [-0.3, -0.25) is 0 Å². The number of rotatable bonds is 8. The normalized spacial score (nSPS) is 12.9.